The summed E-state index contributed by atoms with van der Waals surface area (Å²) in [5.41, 5.74) is 5.18. The van der Waals surface area contributed by atoms with Gasteiger partial charge in [0.05, 0.1) is 5.69 Å². The Labute approximate surface area is 157 Å². The Hall–Kier alpha value is -2.66. The zero-order chi connectivity index (χ0) is 18.7. The van der Waals surface area contributed by atoms with Crippen molar-refractivity contribution in [3.05, 3.63) is 64.0 Å². The van der Waals surface area contributed by atoms with Crippen LogP contribution < -0.4 is 10.1 Å². The van der Waals surface area contributed by atoms with E-state index in [4.69, 9.17) is 4.74 Å². The molecule has 0 aliphatic rings. The quantitative estimate of drug-likeness (QED) is 0.686. The molecule has 0 spiro atoms. The Kier molecular flexibility index (Phi) is 5.38. The second-order valence-corrected chi connectivity index (χ2v) is 7.48. The van der Waals surface area contributed by atoms with Gasteiger partial charge < -0.3 is 4.74 Å². The Bertz CT molecular complexity index is 933. The van der Waals surface area contributed by atoms with Gasteiger partial charge in [0.15, 0.2) is 11.7 Å². The van der Waals surface area contributed by atoms with Crippen molar-refractivity contribution in [3.8, 4) is 17.0 Å². The molecule has 26 heavy (non-hydrogen) atoms. The zero-order valence-electron chi connectivity index (χ0n) is 15.4. The topological polar surface area (TPSA) is 51.2 Å². The lowest BCUT2D eigenvalue weighted by Gasteiger charge is -2.13. The van der Waals surface area contributed by atoms with Crippen LogP contribution in [0.1, 0.15) is 21.6 Å². The summed E-state index contributed by atoms with van der Waals surface area (Å²) in [5, 5.41) is 3.43. The van der Waals surface area contributed by atoms with Gasteiger partial charge in [-0.2, -0.15) is 0 Å². The molecule has 134 valence electrons. The van der Waals surface area contributed by atoms with Gasteiger partial charge in [0.2, 0.25) is 0 Å². The minimum absolute atomic E-state index is 0.0373. The monoisotopic (exact) mass is 366 g/mol. The molecule has 0 bridgehead atoms. The van der Waals surface area contributed by atoms with E-state index in [1.807, 2.05) is 64.1 Å². The second kappa shape index (κ2) is 7.70. The highest BCUT2D eigenvalue weighted by atomic mass is 32.1. The highest BCUT2D eigenvalue weighted by Crippen LogP contribution is 2.30. The first-order valence-corrected chi connectivity index (χ1v) is 9.29. The molecule has 1 N–H and O–H groups in total. The molecule has 1 heterocycles. The molecule has 0 saturated heterocycles. The number of nitrogens with zero attached hydrogens (tertiary/aromatic N) is 1. The number of aryl methyl sites for hydroxylation is 3. The molecule has 0 aliphatic carbocycles. The fraction of sp³-hybridized carbons (Fsp3) is 0.238. The summed E-state index contributed by atoms with van der Waals surface area (Å²) in [7, 11) is 0. The molecule has 0 fully saturated rings. The lowest BCUT2D eigenvalue weighted by molar-refractivity contribution is -0.118. The van der Waals surface area contributed by atoms with E-state index in [1.54, 1.807) is 0 Å². The summed E-state index contributed by atoms with van der Waals surface area (Å²) in [6, 6.07) is 14.0. The van der Waals surface area contributed by atoms with Crippen LogP contribution in [0.15, 0.2) is 42.5 Å². The summed E-state index contributed by atoms with van der Waals surface area (Å²) in [4.78, 5) is 17.9. The molecule has 0 atom stereocenters. The number of hydrogen-bond acceptors (Lipinski definition) is 4. The predicted molar refractivity (Wildman–Crippen MR) is 107 cm³/mol. The molecule has 1 amide bonds. The number of benzene rings is 2. The van der Waals surface area contributed by atoms with E-state index in [9.17, 15) is 4.79 Å². The minimum atomic E-state index is -0.210. The van der Waals surface area contributed by atoms with Crippen molar-refractivity contribution < 1.29 is 9.53 Å². The van der Waals surface area contributed by atoms with Gasteiger partial charge in [-0.3, -0.25) is 10.1 Å². The van der Waals surface area contributed by atoms with E-state index in [0.29, 0.717) is 5.13 Å². The third kappa shape index (κ3) is 3.94. The van der Waals surface area contributed by atoms with Gasteiger partial charge in [-0.05, 0) is 44.4 Å². The average Bonchev–Trinajstić information content (AvgIpc) is 2.99. The van der Waals surface area contributed by atoms with Crippen LogP contribution in [0.25, 0.3) is 11.3 Å². The average molecular weight is 366 g/mol. The molecule has 3 aromatic rings. The van der Waals surface area contributed by atoms with E-state index in [0.717, 1.165) is 38.6 Å². The van der Waals surface area contributed by atoms with Gasteiger partial charge in [-0.15, -0.1) is 11.3 Å². The van der Waals surface area contributed by atoms with E-state index in [1.165, 1.54) is 11.3 Å². The Morgan fingerprint density at radius 2 is 1.73 bits per heavy atom. The van der Waals surface area contributed by atoms with Crippen molar-refractivity contribution in [2.24, 2.45) is 0 Å². The van der Waals surface area contributed by atoms with Crippen LogP contribution >= 0.6 is 11.3 Å². The molecule has 0 saturated carbocycles. The van der Waals surface area contributed by atoms with Gasteiger partial charge in [-0.25, -0.2) is 4.98 Å². The standard InChI is InChI=1S/C21H22N2O2S/c1-13-10-11-14(2)20(15(13)3)25-12-18(24)22-21-23-19(16(4)26-21)17-8-6-5-7-9-17/h5-11H,12H2,1-4H3,(H,22,23,24). The number of rotatable bonds is 5. The van der Waals surface area contributed by atoms with Crippen LogP contribution in [0, 0.1) is 27.7 Å². The number of amides is 1. The molecule has 0 aliphatic heterocycles. The summed E-state index contributed by atoms with van der Waals surface area (Å²) >= 11 is 1.47. The van der Waals surface area contributed by atoms with Crippen molar-refractivity contribution in [1.29, 1.82) is 0 Å². The predicted octanol–water partition coefficient (Wildman–Crippen LogP) is 5.06. The first-order valence-electron chi connectivity index (χ1n) is 8.48. The number of nitrogens with one attached hydrogen (secondary N) is 1. The minimum Gasteiger partial charge on any atom is -0.483 e. The summed E-state index contributed by atoms with van der Waals surface area (Å²) in [6.45, 7) is 7.99. The van der Waals surface area contributed by atoms with Crippen LogP contribution in [0.4, 0.5) is 5.13 Å². The maximum Gasteiger partial charge on any atom is 0.264 e. The second-order valence-electron chi connectivity index (χ2n) is 6.28. The maximum absolute atomic E-state index is 12.3. The normalized spacial score (nSPS) is 10.6. The van der Waals surface area contributed by atoms with Crippen molar-refractivity contribution >= 4 is 22.4 Å². The van der Waals surface area contributed by atoms with E-state index >= 15 is 0 Å². The largest absolute Gasteiger partial charge is 0.483 e. The van der Waals surface area contributed by atoms with E-state index < -0.39 is 0 Å². The van der Waals surface area contributed by atoms with E-state index in [2.05, 4.69) is 16.4 Å². The van der Waals surface area contributed by atoms with E-state index in [-0.39, 0.29) is 12.5 Å². The molecular weight excluding hydrogens is 344 g/mol. The van der Waals surface area contributed by atoms with Crippen LogP contribution in [-0.2, 0) is 4.79 Å². The summed E-state index contributed by atoms with van der Waals surface area (Å²) in [6.07, 6.45) is 0. The number of carbonyl (C=O) groups excluding carboxylic acids is 1. The lowest BCUT2D eigenvalue weighted by atomic mass is 10.1. The number of aromatic nitrogens is 1. The lowest BCUT2D eigenvalue weighted by Crippen LogP contribution is -2.20. The fourth-order valence-corrected chi connectivity index (χ4v) is 3.61. The molecule has 0 radical (unpaired) electrons. The molecule has 1 aromatic heterocycles. The smallest absolute Gasteiger partial charge is 0.264 e. The van der Waals surface area contributed by atoms with Crippen molar-refractivity contribution in [2.75, 3.05) is 11.9 Å². The Morgan fingerprint density at radius 1 is 1.04 bits per heavy atom. The number of thiazole rings is 1. The highest BCUT2D eigenvalue weighted by Gasteiger charge is 2.13. The van der Waals surface area contributed by atoms with Crippen LogP contribution in [-0.4, -0.2) is 17.5 Å². The SMILES string of the molecule is Cc1ccc(C)c(OCC(=O)Nc2nc(-c3ccccc3)c(C)s2)c1C. The molecular formula is C21H22N2O2S. The van der Waals surface area contributed by atoms with Crippen molar-refractivity contribution in [1.82, 2.24) is 4.98 Å². The van der Waals surface area contributed by atoms with Crippen molar-refractivity contribution in [3.63, 3.8) is 0 Å². The first kappa shape index (κ1) is 18.1. The third-order valence-corrected chi connectivity index (χ3v) is 5.20. The number of hydrogen-bond donors (Lipinski definition) is 1. The first-order chi connectivity index (χ1) is 12.5. The molecule has 3 rings (SSSR count). The fourth-order valence-electron chi connectivity index (χ4n) is 2.75. The van der Waals surface area contributed by atoms with Crippen LogP contribution in [0.5, 0.6) is 5.75 Å². The summed E-state index contributed by atoms with van der Waals surface area (Å²) < 4.78 is 5.77. The highest BCUT2D eigenvalue weighted by molar-refractivity contribution is 7.16. The maximum atomic E-state index is 12.3. The third-order valence-electron chi connectivity index (χ3n) is 4.31. The van der Waals surface area contributed by atoms with Gasteiger partial charge in [0.1, 0.15) is 5.75 Å². The number of carbonyl (C=O) groups is 1. The molecule has 2 aromatic carbocycles. The van der Waals surface area contributed by atoms with Crippen molar-refractivity contribution in [2.45, 2.75) is 27.7 Å². The van der Waals surface area contributed by atoms with Gasteiger partial charge in [0.25, 0.3) is 5.91 Å². The van der Waals surface area contributed by atoms with Gasteiger partial charge in [0, 0.05) is 10.4 Å². The van der Waals surface area contributed by atoms with Crippen LogP contribution in [0.2, 0.25) is 0 Å². The number of anilines is 1. The molecule has 0 unspecified atom stereocenters. The number of ether oxygens (including phenoxy) is 1. The van der Waals surface area contributed by atoms with Gasteiger partial charge in [-0.1, -0.05) is 42.5 Å². The Balaban J connectivity index is 1.67. The molecule has 5 heteroatoms. The molecule has 4 nitrogen and oxygen atoms in total. The van der Waals surface area contributed by atoms with Crippen LogP contribution in [0.3, 0.4) is 0 Å². The summed E-state index contributed by atoms with van der Waals surface area (Å²) in [5.74, 6) is 0.569. The van der Waals surface area contributed by atoms with Gasteiger partial charge >= 0.3 is 0 Å². The Morgan fingerprint density at radius 3 is 2.46 bits per heavy atom. The zero-order valence-corrected chi connectivity index (χ0v) is 16.2.